The first-order valence-corrected chi connectivity index (χ1v) is 8.16. The number of aliphatic hydroxyl groups is 1. The van der Waals surface area contributed by atoms with Crippen LogP contribution in [0.1, 0.15) is 35.4 Å². The maximum atomic E-state index is 12.8. The van der Waals surface area contributed by atoms with Crippen LogP contribution in [0, 0.1) is 5.41 Å². The topological polar surface area (TPSA) is 57.6 Å². The van der Waals surface area contributed by atoms with E-state index in [2.05, 4.69) is 0 Å². The Hall–Kier alpha value is -2.17. The fourth-order valence-corrected chi connectivity index (χ4v) is 3.18. The quantitative estimate of drug-likeness (QED) is 0.868. The molecule has 1 N–H and O–H groups in total. The van der Waals surface area contributed by atoms with E-state index in [0.29, 0.717) is 29.1 Å². The largest absolute Gasteiger partial charge is 0.387 e. The van der Waals surface area contributed by atoms with Crippen molar-refractivity contribution in [1.29, 1.82) is 0 Å². The number of carbonyl (C=O) groups excluding carboxylic acids is 2. The molecule has 1 heterocycles. The van der Waals surface area contributed by atoms with Gasteiger partial charge >= 0.3 is 0 Å². The van der Waals surface area contributed by atoms with Crippen LogP contribution >= 0.6 is 11.6 Å². The van der Waals surface area contributed by atoms with Gasteiger partial charge in [0.25, 0.3) is 5.91 Å². The molecule has 0 radical (unpaired) electrons. The Kier molecular flexibility index (Phi) is 4.43. The monoisotopic (exact) mass is 343 g/mol. The van der Waals surface area contributed by atoms with Crippen molar-refractivity contribution in [2.45, 2.75) is 19.4 Å². The minimum absolute atomic E-state index is 0.299. The molecule has 2 aromatic rings. The van der Waals surface area contributed by atoms with E-state index in [4.69, 9.17) is 11.6 Å². The van der Waals surface area contributed by atoms with Crippen LogP contribution in [0.2, 0.25) is 5.02 Å². The Morgan fingerprint density at radius 3 is 2.42 bits per heavy atom. The van der Waals surface area contributed by atoms with E-state index >= 15 is 0 Å². The van der Waals surface area contributed by atoms with Crippen LogP contribution in [-0.2, 0) is 4.79 Å². The average molecular weight is 344 g/mol. The van der Waals surface area contributed by atoms with Crippen LogP contribution in [0.25, 0.3) is 0 Å². The molecule has 2 amide bonds. The summed E-state index contributed by atoms with van der Waals surface area (Å²) in [4.78, 5) is 26.6. The van der Waals surface area contributed by atoms with Gasteiger partial charge in [-0.3, -0.25) is 14.5 Å². The molecule has 0 saturated carbocycles. The van der Waals surface area contributed by atoms with Gasteiger partial charge < -0.3 is 5.11 Å². The molecule has 24 heavy (non-hydrogen) atoms. The van der Waals surface area contributed by atoms with Gasteiger partial charge in [-0.2, -0.15) is 0 Å². The summed E-state index contributed by atoms with van der Waals surface area (Å²) >= 11 is 5.87. The third-order valence-corrected chi connectivity index (χ3v) is 4.90. The summed E-state index contributed by atoms with van der Waals surface area (Å²) in [5, 5.41) is 11.3. The summed E-state index contributed by atoms with van der Waals surface area (Å²) in [6.07, 6.45) is -0.579. The molecule has 4 nitrogen and oxygen atoms in total. The summed E-state index contributed by atoms with van der Waals surface area (Å²) in [5.74, 6) is -0.675. The Bertz CT molecular complexity index is 760. The molecule has 0 bridgehead atoms. The number of likely N-dealkylation sites (tertiary alicyclic amines) is 1. The summed E-state index contributed by atoms with van der Waals surface area (Å²) in [5.41, 5.74) is 0.0542. The lowest BCUT2D eigenvalue weighted by atomic mass is 9.79. The number of nitrogens with zero attached hydrogens (tertiary/aromatic N) is 1. The van der Waals surface area contributed by atoms with Gasteiger partial charge in [0.15, 0.2) is 0 Å². The molecule has 1 fully saturated rings. The zero-order valence-electron chi connectivity index (χ0n) is 13.3. The Morgan fingerprint density at radius 1 is 1.17 bits per heavy atom. The van der Waals surface area contributed by atoms with Crippen LogP contribution in [0.3, 0.4) is 0 Å². The second kappa shape index (κ2) is 6.38. The Balaban J connectivity index is 1.84. The summed E-state index contributed by atoms with van der Waals surface area (Å²) in [6, 6.07) is 15.5. The molecule has 2 atom stereocenters. The second-order valence-electron chi connectivity index (χ2n) is 6.25. The maximum Gasteiger partial charge on any atom is 0.260 e. The van der Waals surface area contributed by atoms with Gasteiger partial charge in [0.1, 0.15) is 0 Å². The zero-order valence-corrected chi connectivity index (χ0v) is 14.0. The molecule has 1 aliphatic heterocycles. The van der Waals surface area contributed by atoms with Crippen molar-refractivity contribution in [2.75, 3.05) is 6.54 Å². The molecule has 0 unspecified atom stereocenters. The van der Waals surface area contributed by atoms with Crippen LogP contribution in [0.15, 0.2) is 54.6 Å². The SMILES string of the molecule is C[C@]1([C@@H](O)c2ccc(Cl)cc2)CCN(C(=O)c2ccccc2)C1=O. The highest BCUT2D eigenvalue weighted by molar-refractivity contribution is 6.30. The normalized spacial score (nSPS) is 21.8. The van der Waals surface area contributed by atoms with Gasteiger partial charge in [-0.15, -0.1) is 0 Å². The van der Waals surface area contributed by atoms with Crippen molar-refractivity contribution < 1.29 is 14.7 Å². The zero-order chi connectivity index (χ0) is 17.3. The summed E-state index contributed by atoms with van der Waals surface area (Å²) in [6.45, 7) is 2.00. The van der Waals surface area contributed by atoms with Crippen molar-refractivity contribution in [1.82, 2.24) is 4.90 Å². The first-order valence-electron chi connectivity index (χ1n) is 7.78. The summed E-state index contributed by atoms with van der Waals surface area (Å²) in [7, 11) is 0. The molecule has 3 rings (SSSR count). The molecule has 0 aliphatic carbocycles. The fraction of sp³-hybridized carbons (Fsp3) is 0.263. The van der Waals surface area contributed by atoms with Crippen molar-refractivity contribution in [3.8, 4) is 0 Å². The van der Waals surface area contributed by atoms with Crippen LogP contribution < -0.4 is 0 Å². The predicted molar refractivity (Wildman–Crippen MR) is 91.6 cm³/mol. The standard InChI is InChI=1S/C19H18ClNO3/c1-19(16(22)13-7-9-15(20)10-8-13)11-12-21(18(19)24)17(23)14-5-3-2-4-6-14/h2-10,16,22H,11-12H2,1H3/t16-,19+/m0/s1. The highest BCUT2D eigenvalue weighted by Crippen LogP contribution is 2.43. The third kappa shape index (κ3) is 2.83. The van der Waals surface area contributed by atoms with E-state index in [1.807, 2.05) is 6.07 Å². The number of amides is 2. The fourth-order valence-electron chi connectivity index (χ4n) is 3.06. The van der Waals surface area contributed by atoms with Crippen LogP contribution in [0.4, 0.5) is 0 Å². The minimum Gasteiger partial charge on any atom is -0.387 e. The van der Waals surface area contributed by atoms with Crippen molar-refractivity contribution in [3.63, 3.8) is 0 Å². The second-order valence-corrected chi connectivity index (χ2v) is 6.69. The third-order valence-electron chi connectivity index (χ3n) is 4.64. The van der Waals surface area contributed by atoms with Crippen LogP contribution in [-0.4, -0.2) is 28.4 Å². The number of hydrogen-bond acceptors (Lipinski definition) is 3. The number of carbonyl (C=O) groups is 2. The van der Waals surface area contributed by atoms with E-state index in [-0.39, 0.29) is 11.8 Å². The van der Waals surface area contributed by atoms with E-state index in [9.17, 15) is 14.7 Å². The molecule has 0 aromatic heterocycles. The lowest BCUT2D eigenvalue weighted by molar-refractivity contribution is -0.138. The molecule has 1 saturated heterocycles. The Morgan fingerprint density at radius 2 is 1.79 bits per heavy atom. The smallest absolute Gasteiger partial charge is 0.260 e. The predicted octanol–water partition coefficient (Wildman–Crippen LogP) is 3.45. The highest BCUT2D eigenvalue weighted by Gasteiger charge is 2.50. The first-order chi connectivity index (χ1) is 11.4. The van der Waals surface area contributed by atoms with E-state index in [1.54, 1.807) is 55.5 Å². The number of hydrogen-bond donors (Lipinski definition) is 1. The molecular formula is C19H18ClNO3. The summed E-state index contributed by atoms with van der Waals surface area (Å²) < 4.78 is 0. The molecular weight excluding hydrogens is 326 g/mol. The number of aliphatic hydroxyl groups excluding tert-OH is 1. The van der Waals surface area contributed by atoms with Gasteiger partial charge in [-0.05, 0) is 43.2 Å². The minimum atomic E-state index is -1.03. The van der Waals surface area contributed by atoms with Crippen molar-refractivity contribution in [2.24, 2.45) is 5.41 Å². The van der Waals surface area contributed by atoms with Gasteiger partial charge in [-0.25, -0.2) is 0 Å². The molecule has 0 spiro atoms. The van der Waals surface area contributed by atoms with E-state index in [1.165, 1.54) is 4.90 Å². The maximum absolute atomic E-state index is 12.8. The van der Waals surface area contributed by atoms with E-state index < -0.39 is 11.5 Å². The van der Waals surface area contributed by atoms with Gasteiger partial charge in [0.05, 0.1) is 11.5 Å². The van der Waals surface area contributed by atoms with Gasteiger partial charge in [-0.1, -0.05) is 41.9 Å². The van der Waals surface area contributed by atoms with Crippen molar-refractivity contribution >= 4 is 23.4 Å². The van der Waals surface area contributed by atoms with Crippen molar-refractivity contribution in [3.05, 3.63) is 70.7 Å². The van der Waals surface area contributed by atoms with E-state index in [0.717, 1.165) is 0 Å². The first kappa shape index (κ1) is 16.7. The van der Waals surface area contributed by atoms with Crippen LogP contribution in [0.5, 0.6) is 0 Å². The highest BCUT2D eigenvalue weighted by atomic mass is 35.5. The number of rotatable bonds is 3. The van der Waals surface area contributed by atoms with Gasteiger partial charge in [0.2, 0.25) is 5.91 Å². The molecule has 2 aromatic carbocycles. The number of halogens is 1. The number of imide groups is 1. The Labute approximate surface area is 145 Å². The average Bonchev–Trinajstić information content (AvgIpc) is 2.91. The lowest BCUT2D eigenvalue weighted by Crippen LogP contribution is -2.40. The molecule has 5 heteroatoms. The lowest BCUT2D eigenvalue weighted by Gasteiger charge is -2.28. The number of benzene rings is 2. The molecule has 124 valence electrons. The molecule has 1 aliphatic rings. The van der Waals surface area contributed by atoms with Gasteiger partial charge in [0, 0.05) is 17.1 Å².